The summed E-state index contributed by atoms with van der Waals surface area (Å²) in [6.45, 7) is 7.51. The van der Waals surface area contributed by atoms with Crippen LogP contribution in [0.3, 0.4) is 0 Å². The van der Waals surface area contributed by atoms with Crippen molar-refractivity contribution in [3.05, 3.63) is 94.5 Å². The number of amides is 1. The molecule has 0 fully saturated rings. The number of hydrogen-bond donors (Lipinski definition) is 1. The van der Waals surface area contributed by atoms with Crippen molar-refractivity contribution in [3.8, 4) is 11.1 Å². The van der Waals surface area contributed by atoms with E-state index in [9.17, 15) is 14.7 Å². The number of carbonyl (C=O) groups is 2. The predicted octanol–water partition coefficient (Wildman–Crippen LogP) is 5.87. The molecule has 1 atom stereocenters. The van der Waals surface area contributed by atoms with Crippen molar-refractivity contribution in [1.82, 2.24) is 4.90 Å². The van der Waals surface area contributed by atoms with Gasteiger partial charge in [-0.3, -0.25) is 4.90 Å². The minimum Gasteiger partial charge on any atom is -0.479 e. The van der Waals surface area contributed by atoms with E-state index in [2.05, 4.69) is 24.3 Å². The average molecular weight is 444 g/mol. The molecule has 170 valence electrons. The quantitative estimate of drug-likeness (QED) is 0.517. The fourth-order valence-electron chi connectivity index (χ4n) is 5.04. The SMILES string of the molecule is CCN(C(=O)OCC1c2ccccc2-c2ccccc21)C(C)(C(=O)O)c1ccc(C)cc1C. The van der Waals surface area contributed by atoms with Crippen LogP contribution in [-0.4, -0.2) is 35.2 Å². The molecule has 4 rings (SSSR count). The molecular weight excluding hydrogens is 414 g/mol. The molecule has 1 unspecified atom stereocenters. The van der Waals surface area contributed by atoms with Gasteiger partial charge in [-0.2, -0.15) is 0 Å². The second-order valence-corrected chi connectivity index (χ2v) is 8.74. The molecule has 0 bridgehead atoms. The lowest BCUT2D eigenvalue weighted by molar-refractivity contribution is -0.150. The van der Waals surface area contributed by atoms with Crippen molar-refractivity contribution in [2.24, 2.45) is 0 Å². The summed E-state index contributed by atoms with van der Waals surface area (Å²) in [6.07, 6.45) is -0.635. The van der Waals surface area contributed by atoms with E-state index in [1.165, 1.54) is 4.90 Å². The molecule has 5 heteroatoms. The summed E-state index contributed by atoms with van der Waals surface area (Å²) in [5.74, 6) is -1.18. The summed E-state index contributed by atoms with van der Waals surface area (Å²) in [5.41, 5.74) is 5.41. The molecule has 0 heterocycles. The van der Waals surface area contributed by atoms with E-state index in [1.807, 2.05) is 50.2 Å². The van der Waals surface area contributed by atoms with Gasteiger partial charge in [0.25, 0.3) is 0 Å². The Kier molecular flexibility index (Phi) is 5.98. The third-order valence-corrected chi connectivity index (χ3v) is 6.74. The average Bonchev–Trinajstić information content (AvgIpc) is 3.11. The van der Waals surface area contributed by atoms with E-state index in [4.69, 9.17) is 4.74 Å². The molecule has 5 nitrogen and oxygen atoms in total. The van der Waals surface area contributed by atoms with E-state index in [0.29, 0.717) is 5.56 Å². The number of aliphatic carboxylic acids is 1. The highest BCUT2D eigenvalue weighted by Gasteiger charge is 2.45. The van der Waals surface area contributed by atoms with Gasteiger partial charge in [0.15, 0.2) is 5.54 Å². The maximum absolute atomic E-state index is 13.3. The summed E-state index contributed by atoms with van der Waals surface area (Å²) < 4.78 is 5.80. The van der Waals surface area contributed by atoms with Gasteiger partial charge in [-0.25, -0.2) is 9.59 Å². The van der Waals surface area contributed by atoms with Crippen LogP contribution in [0.15, 0.2) is 66.7 Å². The molecule has 1 N–H and O–H groups in total. The lowest BCUT2D eigenvalue weighted by Gasteiger charge is -2.38. The molecule has 0 aromatic heterocycles. The molecule has 3 aromatic carbocycles. The minimum atomic E-state index is -1.55. The number of nitrogens with zero attached hydrogens (tertiary/aromatic N) is 1. The van der Waals surface area contributed by atoms with Crippen LogP contribution in [-0.2, 0) is 15.1 Å². The molecule has 0 aliphatic heterocycles. The van der Waals surface area contributed by atoms with Gasteiger partial charge >= 0.3 is 12.1 Å². The van der Waals surface area contributed by atoms with Gasteiger partial charge in [0.2, 0.25) is 0 Å². The van der Waals surface area contributed by atoms with Crippen LogP contribution >= 0.6 is 0 Å². The van der Waals surface area contributed by atoms with Gasteiger partial charge in [0.05, 0.1) is 0 Å². The fraction of sp³-hybridized carbons (Fsp3) is 0.286. The summed E-state index contributed by atoms with van der Waals surface area (Å²) in [6, 6.07) is 21.8. The van der Waals surface area contributed by atoms with Gasteiger partial charge in [-0.15, -0.1) is 0 Å². The Morgan fingerprint density at radius 3 is 2.06 bits per heavy atom. The Morgan fingerprint density at radius 2 is 1.55 bits per heavy atom. The van der Waals surface area contributed by atoms with Crippen LogP contribution in [0.5, 0.6) is 0 Å². The second-order valence-electron chi connectivity index (χ2n) is 8.74. The molecule has 3 aromatic rings. The molecule has 0 spiro atoms. The highest BCUT2D eigenvalue weighted by Crippen LogP contribution is 2.44. The van der Waals surface area contributed by atoms with Gasteiger partial charge < -0.3 is 9.84 Å². The standard InChI is InChI=1S/C28H29NO4/c1-5-29(28(4,26(30)31)25-15-14-18(2)16-19(25)3)27(32)33-17-24-22-12-8-6-10-20(22)21-11-7-9-13-23(21)24/h6-16,24H,5,17H2,1-4H3,(H,30,31). The predicted molar refractivity (Wildman–Crippen MR) is 128 cm³/mol. The van der Waals surface area contributed by atoms with Gasteiger partial charge in [-0.1, -0.05) is 72.3 Å². The van der Waals surface area contributed by atoms with Crippen molar-refractivity contribution in [1.29, 1.82) is 0 Å². The lowest BCUT2D eigenvalue weighted by Crippen LogP contribution is -2.53. The number of benzene rings is 3. The third kappa shape index (κ3) is 3.78. The van der Waals surface area contributed by atoms with Crippen LogP contribution < -0.4 is 0 Å². The minimum absolute atomic E-state index is 0.0859. The van der Waals surface area contributed by atoms with E-state index in [-0.39, 0.29) is 19.1 Å². The Morgan fingerprint density at radius 1 is 0.970 bits per heavy atom. The van der Waals surface area contributed by atoms with Gasteiger partial charge in [-0.05, 0) is 61.1 Å². The maximum Gasteiger partial charge on any atom is 0.411 e. The normalized spacial score (nSPS) is 14.2. The molecule has 0 saturated heterocycles. The number of ether oxygens (including phenoxy) is 1. The van der Waals surface area contributed by atoms with E-state index >= 15 is 0 Å². The molecule has 1 amide bonds. The van der Waals surface area contributed by atoms with Crippen molar-refractivity contribution in [2.45, 2.75) is 39.2 Å². The first kappa shape index (κ1) is 22.6. The number of rotatable bonds is 6. The first-order valence-corrected chi connectivity index (χ1v) is 11.2. The third-order valence-electron chi connectivity index (χ3n) is 6.74. The number of hydrogen-bond acceptors (Lipinski definition) is 3. The number of likely N-dealkylation sites (N-methyl/N-ethyl adjacent to an activating group) is 1. The van der Waals surface area contributed by atoms with Crippen LogP contribution in [0.4, 0.5) is 4.79 Å². The zero-order valence-corrected chi connectivity index (χ0v) is 19.5. The number of carboxylic acids is 1. The molecule has 1 aliphatic rings. The van der Waals surface area contributed by atoms with Crippen molar-refractivity contribution in [3.63, 3.8) is 0 Å². The van der Waals surface area contributed by atoms with Crippen LogP contribution in [0, 0.1) is 13.8 Å². The summed E-state index contributed by atoms with van der Waals surface area (Å²) in [7, 11) is 0. The van der Waals surface area contributed by atoms with Gasteiger partial charge in [0, 0.05) is 12.5 Å². The Labute approximate surface area is 194 Å². The molecule has 0 radical (unpaired) electrons. The van der Waals surface area contributed by atoms with Crippen molar-refractivity contribution < 1.29 is 19.4 Å². The van der Waals surface area contributed by atoms with E-state index < -0.39 is 17.6 Å². The largest absolute Gasteiger partial charge is 0.479 e. The van der Waals surface area contributed by atoms with Crippen LogP contribution in [0.2, 0.25) is 0 Å². The number of fused-ring (bicyclic) bond motifs is 3. The van der Waals surface area contributed by atoms with Gasteiger partial charge in [0.1, 0.15) is 6.61 Å². The molecular formula is C28H29NO4. The lowest BCUT2D eigenvalue weighted by atomic mass is 9.86. The first-order chi connectivity index (χ1) is 15.8. The maximum atomic E-state index is 13.3. The van der Waals surface area contributed by atoms with Crippen LogP contribution in [0.1, 0.15) is 47.6 Å². The fourth-order valence-corrected chi connectivity index (χ4v) is 5.04. The molecule has 1 aliphatic carbocycles. The highest BCUT2D eigenvalue weighted by atomic mass is 16.6. The monoisotopic (exact) mass is 443 g/mol. The summed E-state index contributed by atoms with van der Waals surface area (Å²) >= 11 is 0. The Hall–Kier alpha value is -3.60. The van der Waals surface area contributed by atoms with E-state index in [0.717, 1.165) is 33.4 Å². The van der Waals surface area contributed by atoms with Crippen molar-refractivity contribution >= 4 is 12.1 Å². The molecule has 0 saturated carbocycles. The summed E-state index contributed by atoms with van der Waals surface area (Å²) in [5, 5.41) is 10.2. The zero-order valence-electron chi connectivity index (χ0n) is 19.5. The molecule has 33 heavy (non-hydrogen) atoms. The Bertz CT molecular complexity index is 1170. The Balaban J connectivity index is 1.63. The van der Waals surface area contributed by atoms with E-state index in [1.54, 1.807) is 19.9 Å². The highest BCUT2D eigenvalue weighted by molar-refractivity contribution is 5.86. The number of aryl methyl sites for hydroxylation is 2. The zero-order chi connectivity index (χ0) is 23.8. The van der Waals surface area contributed by atoms with Crippen molar-refractivity contribution in [2.75, 3.05) is 13.2 Å². The topological polar surface area (TPSA) is 66.8 Å². The van der Waals surface area contributed by atoms with Crippen LogP contribution in [0.25, 0.3) is 11.1 Å². The first-order valence-electron chi connectivity index (χ1n) is 11.2. The smallest absolute Gasteiger partial charge is 0.411 e. The summed E-state index contributed by atoms with van der Waals surface area (Å²) in [4.78, 5) is 27.1. The number of carbonyl (C=O) groups excluding carboxylic acids is 1. The second kappa shape index (κ2) is 8.74. The number of carboxylic acid groups (broad SMARTS) is 1.